The van der Waals surface area contributed by atoms with Crippen LogP contribution in [0.1, 0.15) is 6.92 Å². The van der Waals surface area contributed by atoms with Crippen LogP contribution in [0, 0.1) is 0 Å². The smallest absolute Gasteiger partial charge is 0.273 e. The van der Waals surface area contributed by atoms with E-state index < -0.39 is 10.0 Å². The maximum Gasteiger partial charge on any atom is 0.273 e. The Balaban J connectivity index is 1.86. The lowest BCUT2D eigenvalue weighted by atomic mass is 10.2. The third-order valence-corrected chi connectivity index (χ3v) is 8.35. The molecule has 3 aromatic heterocycles. The van der Waals surface area contributed by atoms with Crippen molar-refractivity contribution in [3.63, 3.8) is 0 Å². The fraction of sp³-hybridized carbons (Fsp3) is 0.118. The van der Waals surface area contributed by atoms with Crippen LogP contribution in [0.3, 0.4) is 0 Å². The van der Waals surface area contributed by atoms with Crippen molar-refractivity contribution in [1.82, 2.24) is 9.97 Å². The Bertz CT molecular complexity index is 1160. The van der Waals surface area contributed by atoms with Crippen molar-refractivity contribution in [2.45, 2.75) is 11.1 Å². The normalized spacial score (nSPS) is 11.9. The van der Waals surface area contributed by atoms with E-state index in [1.165, 1.54) is 27.0 Å². The Morgan fingerprint density at radius 2 is 2.12 bits per heavy atom. The fourth-order valence-corrected chi connectivity index (χ4v) is 6.30. The Hall–Kier alpha value is -1.87. The second kappa shape index (κ2) is 6.70. The van der Waals surface area contributed by atoms with Gasteiger partial charge in [-0.25, -0.2) is 13.4 Å². The van der Waals surface area contributed by atoms with E-state index in [-0.39, 0.29) is 0 Å². The van der Waals surface area contributed by atoms with Gasteiger partial charge in [-0.3, -0.25) is 4.31 Å². The first-order valence-electron chi connectivity index (χ1n) is 7.80. The van der Waals surface area contributed by atoms with Crippen molar-refractivity contribution in [3.05, 3.63) is 52.3 Å². The molecule has 0 amide bonds. The molecular weight excluding hydrogens is 410 g/mol. The molecule has 134 valence electrons. The van der Waals surface area contributed by atoms with Crippen LogP contribution in [-0.2, 0) is 10.0 Å². The zero-order chi connectivity index (χ0) is 18.3. The largest absolute Gasteiger partial charge is 0.351 e. The van der Waals surface area contributed by atoms with Crippen LogP contribution in [0.25, 0.3) is 21.6 Å². The molecule has 1 N–H and O–H groups in total. The number of aromatic nitrogens is 2. The molecule has 9 heteroatoms. The number of thiophene rings is 1. The molecular formula is C17H14ClN3O2S3. The molecule has 0 bridgehead atoms. The Kier molecular flexibility index (Phi) is 4.52. The predicted molar refractivity (Wildman–Crippen MR) is 109 cm³/mol. The Morgan fingerprint density at radius 1 is 1.27 bits per heavy atom. The average molecular weight is 424 g/mol. The van der Waals surface area contributed by atoms with Crippen molar-refractivity contribution < 1.29 is 8.42 Å². The fourth-order valence-electron chi connectivity index (χ4n) is 2.83. The number of nitrogens with zero attached hydrogens (tertiary/aromatic N) is 2. The van der Waals surface area contributed by atoms with Crippen LogP contribution in [0.4, 0.5) is 5.69 Å². The number of hydrogen-bond acceptors (Lipinski definition) is 5. The van der Waals surface area contributed by atoms with E-state index in [1.54, 1.807) is 23.7 Å². The molecule has 0 aliphatic heterocycles. The van der Waals surface area contributed by atoms with Crippen LogP contribution in [-0.4, -0.2) is 24.9 Å². The monoisotopic (exact) mass is 423 g/mol. The highest BCUT2D eigenvalue weighted by Gasteiger charge is 2.26. The molecule has 4 rings (SSSR count). The second-order valence-corrected chi connectivity index (χ2v) is 10.2. The van der Waals surface area contributed by atoms with Gasteiger partial charge >= 0.3 is 0 Å². The van der Waals surface area contributed by atoms with Crippen molar-refractivity contribution in [3.8, 4) is 10.7 Å². The van der Waals surface area contributed by atoms with Crippen molar-refractivity contribution in [2.24, 2.45) is 0 Å². The van der Waals surface area contributed by atoms with Crippen LogP contribution in [0.5, 0.6) is 0 Å². The molecule has 0 radical (unpaired) electrons. The van der Waals surface area contributed by atoms with Crippen molar-refractivity contribution in [1.29, 1.82) is 0 Å². The molecule has 0 unspecified atom stereocenters. The minimum atomic E-state index is -3.61. The lowest BCUT2D eigenvalue weighted by Crippen LogP contribution is -2.30. The standard InChI is InChI=1S/C17H14ClN3O2S3/c1-2-21(26(22,23)15-7-4-8-24-15)13-6-3-5-11-9-12(20-16(11)13)17-19-10-14(18)25-17/h3-10,20H,2H2,1H3. The number of thiazole rings is 1. The molecule has 4 aromatic rings. The Labute approximate surface area is 163 Å². The highest BCUT2D eigenvalue weighted by Crippen LogP contribution is 2.35. The molecule has 0 aliphatic rings. The number of benzene rings is 1. The maximum atomic E-state index is 13.0. The van der Waals surface area contributed by atoms with Crippen LogP contribution >= 0.6 is 34.3 Å². The number of anilines is 1. The molecule has 3 heterocycles. The van der Waals surface area contributed by atoms with Gasteiger partial charge in [-0.05, 0) is 30.5 Å². The third kappa shape index (κ3) is 2.92. The van der Waals surface area contributed by atoms with E-state index in [2.05, 4.69) is 9.97 Å². The first-order chi connectivity index (χ1) is 12.5. The van der Waals surface area contributed by atoms with E-state index in [4.69, 9.17) is 11.6 Å². The lowest BCUT2D eigenvalue weighted by molar-refractivity contribution is 0.594. The number of sulfonamides is 1. The highest BCUT2D eigenvalue weighted by atomic mass is 35.5. The minimum absolute atomic E-state index is 0.329. The number of hydrogen-bond donors (Lipinski definition) is 1. The number of para-hydroxylation sites is 1. The van der Waals surface area contributed by atoms with Crippen molar-refractivity contribution in [2.75, 3.05) is 10.8 Å². The van der Waals surface area contributed by atoms with Gasteiger partial charge in [-0.1, -0.05) is 29.8 Å². The summed E-state index contributed by atoms with van der Waals surface area (Å²) >= 11 is 8.57. The summed E-state index contributed by atoms with van der Waals surface area (Å²) < 4.78 is 28.4. The number of rotatable bonds is 5. The van der Waals surface area contributed by atoms with E-state index in [0.717, 1.165) is 21.6 Å². The molecule has 0 saturated heterocycles. The lowest BCUT2D eigenvalue weighted by Gasteiger charge is -2.22. The SMILES string of the molecule is CCN(c1cccc2cc(-c3ncc(Cl)s3)[nH]c12)S(=O)(=O)c1cccs1. The summed E-state index contributed by atoms with van der Waals surface area (Å²) in [4.78, 5) is 7.60. The van der Waals surface area contributed by atoms with E-state index in [0.29, 0.717) is 20.8 Å². The van der Waals surface area contributed by atoms with E-state index in [1.807, 2.05) is 31.2 Å². The Morgan fingerprint density at radius 3 is 2.77 bits per heavy atom. The number of H-pyrrole nitrogens is 1. The predicted octanol–water partition coefficient (Wildman–Crippen LogP) is 5.22. The number of fused-ring (bicyclic) bond motifs is 1. The van der Waals surface area contributed by atoms with Gasteiger partial charge in [0.15, 0.2) is 0 Å². The molecule has 0 fully saturated rings. The zero-order valence-electron chi connectivity index (χ0n) is 13.6. The van der Waals surface area contributed by atoms with Gasteiger partial charge in [0.2, 0.25) is 0 Å². The molecule has 0 spiro atoms. The summed E-state index contributed by atoms with van der Waals surface area (Å²) in [6.45, 7) is 2.16. The van der Waals surface area contributed by atoms with Crippen LogP contribution in [0.2, 0.25) is 4.34 Å². The van der Waals surface area contributed by atoms with Crippen molar-refractivity contribution >= 4 is 60.9 Å². The van der Waals surface area contributed by atoms with E-state index >= 15 is 0 Å². The maximum absolute atomic E-state index is 13.0. The summed E-state index contributed by atoms with van der Waals surface area (Å²) in [5.74, 6) is 0. The summed E-state index contributed by atoms with van der Waals surface area (Å²) in [5.41, 5.74) is 2.19. The number of halogens is 1. The van der Waals surface area contributed by atoms with Crippen LogP contribution < -0.4 is 4.31 Å². The van der Waals surface area contributed by atoms with Gasteiger partial charge in [-0.15, -0.1) is 22.7 Å². The minimum Gasteiger partial charge on any atom is -0.351 e. The zero-order valence-corrected chi connectivity index (χ0v) is 16.8. The van der Waals surface area contributed by atoms with E-state index in [9.17, 15) is 8.42 Å². The van der Waals surface area contributed by atoms with Gasteiger partial charge in [-0.2, -0.15) is 0 Å². The highest BCUT2D eigenvalue weighted by molar-refractivity contribution is 7.94. The van der Waals surface area contributed by atoms with Gasteiger partial charge in [0.25, 0.3) is 10.0 Å². The first-order valence-corrected chi connectivity index (χ1v) is 11.3. The van der Waals surface area contributed by atoms with Gasteiger partial charge in [0, 0.05) is 11.9 Å². The third-order valence-electron chi connectivity index (χ3n) is 3.94. The molecule has 5 nitrogen and oxygen atoms in total. The first kappa shape index (κ1) is 17.5. The topological polar surface area (TPSA) is 66.1 Å². The number of nitrogens with one attached hydrogen (secondary N) is 1. The van der Waals surface area contributed by atoms with Gasteiger partial charge in [0.05, 0.1) is 23.1 Å². The molecule has 1 aromatic carbocycles. The summed E-state index contributed by atoms with van der Waals surface area (Å²) in [6, 6.07) is 10.9. The molecule has 0 aliphatic carbocycles. The second-order valence-electron chi connectivity index (χ2n) is 5.50. The summed E-state index contributed by atoms with van der Waals surface area (Å²) in [6.07, 6.45) is 1.60. The summed E-state index contributed by atoms with van der Waals surface area (Å²) in [5, 5.41) is 3.45. The van der Waals surface area contributed by atoms with Crippen LogP contribution in [0.15, 0.2) is 52.2 Å². The molecule has 0 saturated carbocycles. The van der Waals surface area contributed by atoms with Gasteiger partial charge in [0.1, 0.15) is 13.6 Å². The van der Waals surface area contributed by atoms with Gasteiger partial charge < -0.3 is 4.98 Å². The quantitative estimate of drug-likeness (QED) is 0.478. The number of aromatic amines is 1. The molecule has 0 atom stereocenters. The molecule has 26 heavy (non-hydrogen) atoms. The summed E-state index contributed by atoms with van der Waals surface area (Å²) in [7, 11) is -3.61. The average Bonchev–Trinajstić information content (AvgIpc) is 3.35.